The molecule has 0 spiro atoms. The van der Waals surface area contributed by atoms with E-state index >= 15 is 0 Å². The summed E-state index contributed by atoms with van der Waals surface area (Å²) >= 11 is 5.36. The van der Waals surface area contributed by atoms with Gasteiger partial charge in [-0.05, 0) is 41.0 Å². The summed E-state index contributed by atoms with van der Waals surface area (Å²) in [7, 11) is 0. The molecule has 23 heavy (non-hydrogen) atoms. The van der Waals surface area contributed by atoms with Crippen molar-refractivity contribution in [3.05, 3.63) is 65.5 Å². The third kappa shape index (κ3) is 3.67. The van der Waals surface area contributed by atoms with Gasteiger partial charge in [0, 0.05) is 37.4 Å². The van der Waals surface area contributed by atoms with Crippen LogP contribution in [0.5, 0.6) is 0 Å². The van der Waals surface area contributed by atoms with Crippen molar-refractivity contribution in [3.63, 3.8) is 0 Å². The number of nitrogens with zero attached hydrogens (tertiary/aromatic N) is 1. The van der Waals surface area contributed by atoms with Gasteiger partial charge in [-0.2, -0.15) is 0 Å². The van der Waals surface area contributed by atoms with Crippen molar-refractivity contribution in [1.82, 2.24) is 20.6 Å². The lowest BCUT2D eigenvalue weighted by Gasteiger charge is -2.13. The maximum Gasteiger partial charge on any atom is 0.166 e. The number of hydrogen-bond acceptors (Lipinski definition) is 3. The van der Waals surface area contributed by atoms with E-state index in [0.717, 1.165) is 27.7 Å². The lowest BCUT2D eigenvalue weighted by Crippen LogP contribution is -2.34. The average Bonchev–Trinajstić information content (AvgIpc) is 3.07. The van der Waals surface area contributed by atoms with Crippen LogP contribution in [-0.4, -0.2) is 15.1 Å². The smallest absolute Gasteiger partial charge is 0.166 e. The van der Waals surface area contributed by atoms with Crippen LogP contribution in [0.4, 0.5) is 0 Å². The zero-order valence-corrected chi connectivity index (χ0v) is 13.5. The Labute approximate surface area is 140 Å². The largest absolute Gasteiger partial charge is 0.359 e. The molecule has 0 fully saturated rings. The van der Waals surface area contributed by atoms with E-state index in [0.29, 0.717) is 24.7 Å². The summed E-state index contributed by atoms with van der Waals surface area (Å²) in [5.74, 6) is 0. The van der Waals surface area contributed by atoms with Crippen molar-refractivity contribution in [2.24, 2.45) is 5.73 Å². The van der Waals surface area contributed by atoms with E-state index in [4.69, 9.17) is 18.0 Å². The molecule has 0 amide bonds. The molecule has 0 aliphatic heterocycles. The SMILES string of the molecule is NCc1ccccc1CNC(=S)NCc1ccnc2[nH]ccc12. The monoisotopic (exact) mass is 325 g/mol. The maximum absolute atomic E-state index is 5.75. The van der Waals surface area contributed by atoms with Crippen LogP contribution in [0.25, 0.3) is 11.0 Å². The van der Waals surface area contributed by atoms with Crippen molar-refractivity contribution in [2.45, 2.75) is 19.6 Å². The lowest BCUT2D eigenvalue weighted by molar-refractivity contribution is 0.826. The average molecular weight is 325 g/mol. The normalized spacial score (nSPS) is 10.7. The fourth-order valence-corrected chi connectivity index (χ4v) is 2.66. The summed E-state index contributed by atoms with van der Waals surface area (Å²) in [6, 6.07) is 12.1. The number of rotatable bonds is 5. The van der Waals surface area contributed by atoms with E-state index < -0.39 is 0 Å². The van der Waals surface area contributed by atoms with Crippen LogP contribution in [0.2, 0.25) is 0 Å². The first-order chi connectivity index (χ1) is 11.3. The zero-order chi connectivity index (χ0) is 16.1. The van der Waals surface area contributed by atoms with Crippen LogP contribution in [0.1, 0.15) is 16.7 Å². The molecular weight excluding hydrogens is 306 g/mol. The van der Waals surface area contributed by atoms with Gasteiger partial charge in [0.25, 0.3) is 0 Å². The van der Waals surface area contributed by atoms with Crippen LogP contribution >= 0.6 is 12.2 Å². The Morgan fingerprint density at radius 3 is 2.57 bits per heavy atom. The van der Waals surface area contributed by atoms with Crippen molar-refractivity contribution in [2.75, 3.05) is 0 Å². The first-order valence-corrected chi connectivity index (χ1v) is 7.88. The van der Waals surface area contributed by atoms with Gasteiger partial charge in [-0.25, -0.2) is 4.98 Å². The molecular formula is C17H19N5S. The molecule has 0 saturated carbocycles. The Morgan fingerprint density at radius 1 is 1.04 bits per heavy atom. The minimum Gasteiger partial charge on any atom is -0.359 e. The first kappa shape index (κ1) is 15.5. The number of aromatic nitrogens is 2. The Hall–Kier alpha value is -2.44. The van der Waals surface area contributed by atoms with Gasteiger partial charge in [0.2, 0.25) is 0 Å². The van der Waals surface area contributed by atoms with Gasteiger partial charge in [-0.1, -0.05) is 24.3 Å². The van der Waals surface area contributed by atoms with Crippen molar-refractivity contribution in [3.8, 4) is 0 Å². The highest BCUT2D eigenvalue weighted by Gasteiger charge is 2.04. The number of benzene rings is 1. The lowest BCUT2D eigenvalue weighted by atomic mass is 10.1. The summed E-state index contributed by atoms with van der Waals surface area (Å²) < 4.78 is 0. The van der Waals surface area contributed by atoms with E-state index in [1.54, 1.807) is 6.20 Å². The number of nitrogens with two attached hydrogens (primary N) is 1. The van der Waals surface area contributed by atoms with Gasteiger partial charge in [-0.3, -0.25) is 0 Å². The van der Waals surface area contributed by atoms with E-state index in [1.807, 2.05) is 36.5 Å². The molecule has 0 unspecified atom stereocenters. The van der Waals surface area contributed by atoms with Crippen molar-refractivity contribution < 1.29 is 0 Å². The summed E-state index contributed by atoms with van der Waals surface area (Å²) in [4.78, 5) is 7.39. The highest BCUT2D eigenvalue weighted by molar-refractivity contribution is 7.80. The molecule has 3 rings (SSSR count). The number of fused-ring (bicyclic) bond motifs is 1. The highest BCUT2D eigenvalue weighted by atomic mass is 32.1. The molecule has 0 saturated heterocycles. The second-order valence-corrected chi connectivity index (χ2v) is 5.63. The van der Waals surface area contributed by atoms with Gasteiger partial charge in [0.1, 0.15) is 5.65 Å². The Balaban J connectivity index is 1.57. The zero-order valence-electron chi connectivity index (χ0n) is 12.7. The maximum atomic E-state index is 5.75. The molecule has 0 radical (unpaired) electrons. The minimum atomic E-state index is 0.528. The van der Waals surface area contributed by atoms with E-state index in [9.17, 15) is 0 Å². The summed E-state index contributed by atoms with van der Waals surface area (Å²) in [5, 5.41) is 8.19. The fourth-order valence-electron chi connectivity index (χ4n) is 2.51. The topological polar surface area (TPSA) is 78.8 Å². The van der Waals surface area contributed by atoms with Crippen LogP contribution in [-0.2, 0) is 19.6 Å². The standard InChI is InChI=1S/C17H19N5S/c18-9-12-3-1-2-4-13(12)10-21-17(23)22-11-14-5-7-19-16-15(14)6-8-20-16/h1-8H,9-11,18H2,(H,19,20)(H2,21,22,23). The second-order valence-electron chi connectivity index (χ2n) is 5.22. The number of nitrogens with one attached hydrogen (secondary N) is 3. The van der Waals surface area contributed by atoms with Crippen LogP contribution in [0, 0.1) is 0 Å². The predicted octanol–water partition coefficient (Wildman–Crippen LogP) is 2.19. The minimum absolute atomic E-state index is 0.528. The Morgan fingerprint density at radius 2 is 1.78 bits per heavy atom. The summed E-state index contributed by atoms with van der Waals surface area (Å²) in [5.41, 5.74) is 10.1. The Kier molecular flexibility index (Phi) is 4.85. The number of H-pyrrole nitrogens is 1. The summed E-state index contributed by atoms with van der Waals surface area (Å²) in [6.45, 7) is 1.84. The summed E-state index contributed by atoms with van der Waals surface area (Å²) in [6.07, 6.45) is 3.69. The van der Waals surface area contributed by atoms with Gasteiger partial charge >= 0.3 is 0 Å². The van der Waals surface area contributed by atoms with Crippen molar-refractivity contribution in [1.29, 1.82) is 0 Å². The van der Waals surface area contributed by atoms with Gasteiger partial charge in [0.15, 0.2) is 5.11 Å². The molecule has 6 heteroatoms. The molecule has 118 valence electrons. The third-order valence-electron chi connectivity index (χ3n) is 3.77. The molecule has 2 aromatic heterocycles. The molecule has 0 aliphatic carbocycles. The number of thiocarbonyl (C=S) groups is 1. The molecule has 5 nitrogen and oxygen atoms in total. The molecule has 0 aliphatic rings. The number of pyridine rings is 1. The van der Waals surface area contributed by atoms with E-state index in [2.05, 4.69) is 26.7 Å². The fraction of sp³-hybridized carbons (Fsp3) is 0.176. The molecule has 0 atom stereocenters. The quantitative estimate of drug-likeness (QED) is 0.541. The molecule has 1 aromatic carbocycles. The second kappa shape index (κ2) is 7.21. The van der Waals surface area contributed by atoms with E-state index in [1.165, 1.54) is 0 Å². The Bertz CT molecular complexity index is 811. The van der Waals surface area contributed by atoms with Crippen LogP contribution < -0.4 is 16.4 Å². The predicted molar refractivity (Wildman–Crippen MR) is 96.7 cm³/mol. The van der Waals surface area contributed by atoms with Gasteiger partial charge in [0.05, 0.1) is 0 Å². The molecule has 0 bridgehead atoms. The van der Waals surface area contributed by atoms with Crippen LogP contribution in [0.3, 0.4) is 0 Å². The number of hydrogen-bond donors (Lipinski definition) is 4. The van der Waals surface area contributed by atoms with E-state index in [-0.39, 0.29) is 0 Å². The van der Waals surface area contributed by atoms with Crippen LogP contribution in [0.15, 0.2) is 48.8 Å². The number of aromatic amines is 1. The molecule has 5 N–H and O–H groups in total. The van der Waals surface area contributed by atoms with Gasteiger partial charge < -0.3 is 21.4 Å². The van der Waals surface area contributed by atoms with Gasteiger partial charge in [-0.15, -0.1) is 0 Å². The molecule has 2 heterocycles. The third-order valence-corrected chi connectivity index (χ3v) is 4.06. The molecule has 3 aromatic rings. The first-order valence-electron chi connectivity index (χ1n) is 7.47. The van der Waals surface area contributed by atoms with Crippen molar-refractivity contribution >= 4 is 28.4 Å². The highest BCUT2D eigenvalue weighted by Crippen LogP contribution is 2.14.